The maximum Gasteiger partial charge on any atom is 0.291 e. The molecule has 2 aliphatic rings. The number of thioether (sulfide) groups is 1. The maximum atomic E-state index is 12.5. The first-order valence-corrected chi connectivity index (χ1v) is 11.8. The predicted molar refractivity (Wildman–Crippen MR) is 135 cm³/mol. The highest BCUT2D eigenvalue weighted by molar-refractivity contribution is 8.08. The van der Waals surface area contributed by atoms with Crippen molar-refractivity contribution in [1.82, 2.24) is 5.43 Å². The number of anilines is 2. The van der Waals surface area contributed by atoms with Crippen LogP contribution in [0.15, 0.2) is 98.7 Å². The summed E-state index contributed by atoms with van der Waals surface area (Å²) in [5, 5.41) is 10.5. The van der Waals surface area contributed by atoms with E-state index in [1.807, 2.05) is 48.5 Å². The van der Waals surface area contributed by atoms with Gasteiger partial charge in [0.2, 0.25) is 0 Å². The molecule has 3 N–H and O–H groups in total. The molecule has 3 heterocycles. The van der Waals surface area contributed by atoms with Crippen molar-refractivity contribution in [3.63, 3.8) is 0 Å². The fourth-order valence-corrected chi connectivity index (χ4v) is 4.80. The molecule has 1 aromatic heterocycles. The zero-order chi connectivity index (χ0) is 23.5. The van der Waals surface area contributed by atoms with E-state index in [1.165, 1.54) is 6.26 Å². The number of furan rings is 1. The van der Waals surface area contributed by atoms with E-state index in [2.05, 4.69) is 34.2 Å². The first kappa shape index (κ1) is 21.8. The van der Waals surface area contributed by atoms with Crippen LogP contribution in [0.1, 0.15) is 35.9 Å². The van der Waals surface area contributed by atoms with E-state index >= 15 is 0 Å². The highest BCUT2D eigenvalue weighted by atomic mass is 32.2. The number of hydrogen-bond acceptors (Lipinski definition) is 6. The summed E-state index contributed by atoms with van der Waals surface area (Å²) in [6.45, 7) is 2.06. The third kappa shape index (κ3) is 4.40. The predicted octanol–water partition coefficient (Wildman–Crippen LogP) is 5.63. The van der Waals surface area contributed by atoms with Crippen LogP contribution >= 0.6 is 11.8 Å². The Morgan fingerprint density at radius 3 is 2.68 bits per heavy atom. The first-order valence-electron chi connectivity index (χ1n) is 10.9. The maximum absolute atomic E-state index is 12.5. The van der Waals surface area contributed by atoms with Gasteiger partial charge in [-0.2, -0.15) is 5.10 Å². The number of hydrogen-bond donors (Lipinski definition) is 3. The smallest absolute Gasteiger partial charge is 0.291 e. The Labute approximate surface area is 201 Å². The molecule has 2 aliphatic heterocycles. The molecule has 0 fully saturated rings. The molecular formula is C26H22N4O3S. The summed E-state index contributed by atoms with van der Waals surface area (Å²) in [5.74, 6) is -0.226. The van der Waals surface area contributed by atoms with Crippen LogP contribution in [0.25, 0.3) is 4.91 Å². The third-order valence-electron chi connectivity index (χ3n) is 5.39. The summed E-state index contributed by atoms with van der Waals surface area (Å²) in [5.41, 5.74) is 7.37. The van der Waals surface area contributed by atoms with Gasteiger partial charge in [-0.3, -0.25) is 9.59 Å². The molecule has 0 saturated heterocycles. The van der Waals surface area contributed by atoms with E-state index in [1.54, 1.807) is 23.9 Å². The topological polar surface area (TPSA) is 95.7 Å². The molecule has 0 spiro atoms. The summed E-state index contributed by atoms with van der Waals surface area (Å²) in [4.78, 5) is 26.8. The number of amides is 2. The van der Waals surface area contributed by atoms with Crippen LogP contribution in [0.2, 0.25) is 0 Å². The molecule has 5 rings (SSSR count). The normalized spacial score (nSPS) is 16.8. The van der Waals surface area contributed by atoms with Gasteiger partial charge >= 0.3 is 0 Å². The molecule has 2 aromatic carbocycles. The first-order chi connectivity index (χ1) is 16.6. The third-order valence-corrected chi connectivity index (χ3v) is 6.45. The molecule has 34 heavy (non-hydrogen) atoms. The number of fused-ring (bicyclic) bond motifs is 1. The van der Waals surface area contributed by atoms with E-state index < -0.39 is 0 Å². The molecule has 2 amide bonds. The number of nitrogens with zero attached hydrogens (tertiary/aromatic N) is 1. The molecule has 0 bridgehead atoms. The van der Waals surface area contributed by atoms with Crippen LogP contribution in [0.5, 0.6) is 0 Å². The van der Waals surface area contributed by atoms with Gasteiger partial charge in [-0.15, -0.1) is 0 Å². The van der Waals surface area contributed by atoms with E-state index in [0.29, 0.717) is 11.3 Å². The monoisotopic (exact) mass is 470 g/mol. The van der Waals surface area contributed by atoms with Crippen molar-refractivity contribution in [2.24, 2.45) is 5.10 Å². The molecule has 3 aromatic rings. The zero-order valence-electron chi connectivity index (χ0n) is 18.4. The van der Waals surface area contributed by atoms with Gasteiger partial charge in [0.1, 0.15) is 0 Å². The molecule has 0 unspecified atom stereocenters. The Hall–Kier alpha value is -4.04. The average molecular weight is 471 g/mol. The molecular weight excluding hydrogens is 448 g/mol. The minimum Gasteiger partial charge on any atom is -0.459 e. The van der Waals surface area contributed by atoms with Gasteiger partial charge in [0, 0.05) is 26.7 Å². The average Bonchev–Trinajstić information content (AvgIpc) is 3.51. The molecule has 0 aliphatic carbocycles. The lowest BCUT2D eigenvalue weighted by Crippen LogP contribution is -2.19. The van der Waals surface area contributed by atoms with Crippen molar-refractivity contribution in [1.29, 1.82) is 0 Å². The largest absolute Gasteiger partial charge is 0.459 e. The highest BCUT2D eigenvalue weighted by Gasteiger charge is 2.28. The highest BCUT2D eigenvalue weighted by Crippen LogP contribution is 2.42. The Bertz CT molecular complexity index is 1340. The summed E-state index contributed by atoms with van der Waals surface area (Å²) < 4.78 is 5.14. The van der Waals surface area contributed by atoms with Gasteiger partial charge in [-0.05, 0) is 55.0 Å². The molecule has 0 radical (unpaired) electrons. The zero-order valence-corrected chi connectivity index (χ0v) is 19.2. The second-order valence-electron chi connectivity index (χ2n) is 7.78. The van der Waals surface area contributed by atoms with E-state index in [0.717, 1.165) is 45.3 Å². The molecule has 7 nitrogen and oxygen atoms in total. The number of carbonyl (C=O) groups is 2. The molecule has 0 saturated carbocycles. The van der Waals surface area contributed by atoms with Crippen LogP contribution in [-0.2, 0) is 4.79 Å². The van der Waals surface area contributed by atoms with Crippen LogP contribution < -0.4 is 16.1 Å². The molecule has 8 heteroatoms. The fraction of sp³-hybridized carbons (Fsp3) is 0.115. The Kier molecular flexibility index (Phi) is 6.05. The van der Waals surface area contributed by atoms with Crippen molar-refractivity contribution >= 4 is 45.6 Å². The van der Waals surface area contributed by atoms with E-state index in [4.69, 9.17) is 4.42 Å². The van der Waals surface area contributed by atoms with E-state index in [9.17, 15) is 9.59 Å². The second-order valence-corrected chi connectivity index (χ2v) is 8.89. The fourth-order valence-electron chi connectivity index (χ4n) is 3.81. The van der Waals surface area contributed by atoms with E-state index in [-0.39, 0.29) is 17.6 Å². The van der Waals surface area contributed by atoms with Gasteiger partial charge in [0.25, 0.3) is 11.8 Å². The van der Waals surface area contributed by atoms with Crippen molar-refractivity contribution in [3.05, 3.63) is 95.6 Å². The number of nitrogens with one attached hydrogen (secondary N) is 3. The van der Waals surface area contributed by atoms with Crippen molar-refractivity contribution in [3.8, 4) is 0 Å². The number of carbonyl (C=O) groups excluding carboxylic acids is 2. The van der Waals surface area contributed by atoms with Gasteiger partial charge < -0.3 is 15.1 Å². The standard InChI is InChI=1S/C26H22N4O3S/c1-2-6-20-24(26(32)30-29-20)21-15-23(18-7-3-4-8-19(18)28-21)34-17-12-10-16(11-13-17)27-25(31)22-9-5-14-33-22/h3-5,7-15,28H,2,6H2,1H3,(H,27,31)(H,30,32)/b24-21-. The van der Waals surface area contributed by atoms with Gasteiger partial charge in [-0.25, -0.2) is 5.43 Å². The minimum absolute atomic E-state index is 0.192. The summed E-state index contributed by atoms with van der Waals surface area (Å²) in [6, 6.07) is 18.9. The van der Waals surface area contributed by atoms with Gasteiger partial charge in [-0.1, -0.05) is 43.3 Å². The lowest BCUT2D eigenvalue weighted by atomic mass is 10.0. The van der Waals surface area contributed by atoms with Crippen LogP contribution in [0.4, 0.5) is 11.4 Å². The lowest BCUT2D eigenvalue weighted by Gasteiger charge is -2.22. The SMILES string of the molecule is CCCC1=NNC(=O)/C1=C1/C=C(Sc2ccc(NC(=O)c3ccco3)cc2)c2ccccc2N1. The van der Waals surface area contributed by atoms with Crippen LogP contribution in [0, 0.1) is 0 Å². The summed E-state index contributed by atoms with van der Waals surface area (Å²) in [6.07, 6.45) is 5.10. The number of para-hydroxylation sites is 1. The molecule has 0 atom stereocenters. The van der Waals surface area contributed by atoms with Crippen molar-refractivity contribution < 1.29 is 14.0 Å². The number of benzene rings is 2. The Morgan fingerprint density at radius 1 is 1.09 bits per heavy atom. The van der Waals surface area contributed by atoms with Crippen LogP contribution in [0.3, 0.4) is 0 Å². The number of rotatable bonds is 6. The Balaban J connectivity index is 1.42. The summed E-state index contributed by atoms with van der Waals surface area (Å²) >= 11 is 1.60. The number of allylic oxidation sites excluding steroid dienone is 1. The van der Waals surface area contributed by atoms with Crippen molar-refractivity contribution in [2.45, 2.75) is 24.7 Å². The van der Waals surface area contributed by atoms with Gasteiger partial charge in [0.05, 0.1) is 23.2 Å². The van der Waals surface area contributed by atoms with Crippen LogP contribution in [-0.4, -0.2) is 17.5 Å². The van der Waals surface area contributed by atoms with Crippen molar-refractivity contribution in [2.75, 3.05) is 10.6 Å². The number of hydrazone groups is 1. The van der Waals surface area contributed by atoms with Gasteiger partial charge in [0.15, 0.2) is 5.76 Å². The molecule has 170 valence electrons. The minimum atomic E-state index is -0.295. The summed E-state index contributed by atoms with van der Waals surface area (Å²) in [7, 11) is 0. The Morgan fingerprint density at radius 2 is 1.91 bits per heavy atom. The lowest BCUT2D eigenvalue weighted by molar-refractivity contribution is -0.116. The second kappa shape index (κ2) is 9.44. The quantitative estimate of drug-likeness (QED) is 0.406.